The van der Waals surface area contributed by atoms with Gasteiger partial charge < -0.3 is 20.3 Å². The number of ether oxygens (including phenoxy) is 1. The number of aliphatic imine (C=N–C) groups is 1. The van der Waals surface area contributed by atoms with Crippen LogP contribution in [0.3, 0.4) is 0 Å². The molecule has 1 atom stereocenters. The summed E-state index contributed by atoms with van der Waals surface area (Å²) >= 11 is 0. The van der Waals surface area contributed by atoms with E-state index in [4.69, 9.17) is 4.74 Å². The second-order valence-electron chi connectivity index (χ2n) is 7.89. The van der Waals surface area contributed by atoms with E-state index in [1.165, 1.54) is 0 Å². The zero-order valence-corrected chi connectivity index (χ0v) is 21.9. The number of rotatable bonds is 11. The van der Waals surface area contributed by atoms with Gasteiger partial charge in [-0.1, -0.05) is 6.42 Å². The molecule has 9 nitrogen and oxygen atoms in total. The molecule has 3 N–H and O–H groups in total. The Balaban J connectivity index is 0.00000480. The highest BCUT2D eigenvalue weighted by Crippen LogP contribution is 2.12. The topological polar surface area (TPSA) is 112 Å². The molecule has 182 valence electrons. The fourth-order valence-electron chi connectivity index (χ4n) is 3.63. The third kappa shape index (κ3) is 12.2. The van der Waals surface area contributed by atoms with Crippen LogP contribution in [0.4, 0.5) is 0 Å². The van der Waals surface area contributed by atoms with Gasteiger partial charge in [-0.3, -0.25) is 9.79 Å². The summed E-state index contributed by atoms with van der Waals surface area (Å²) in [6, 6.07) is 0. The van der Waals surface area contributed by atoms with Crippen LogP contribution in [-0.2, 0) is 19.6 Å². The summed E-state index contributed by atoms with van der Waals surface area (Å²) in [7, 11) is -3.36. The van der Waals surface area contributed by atoms with Crippen LogP contribution in [0.5, 0.6) is 0 Å². The highest BCUT2D eigenvalue weighted by atomic mass is 127. The number of nitrogens with one attached hydrogen (secondary N) is 3. The molecular weight excluding hydrogens is 533 g/mol. The summed E-state index contributed by atoms with van der Waals surface area (Å²) in [5.74, 6) is 0.829. The average Bonchev–Trinajstić information content (AvgIpc) is 2.94. The number of halogens is 1. The number of guanidine groups is 1. The minimum absolute atomic E-state index is 0. The molecule has 11 heteroatoms. The normalized spacial score (nSPS) is 20.7. The molecule has 1 amide bonds. The lowest BCUT2D eigenvalue weighted by atomic mass is 10.1. The monoisotopic (exact) mass is 573 g/mol. The van der Waals surface area contributed by atoms with Gasteiger partial charge in [0.05, 0.1) is 11.9 Å². The number of sulfonamides is 1. The molecule has 0 bridgehead atoms. The summed E-state index contributed by atoms with van der Waals surface area (Å²) < 4.78 is 32.6. The average molecular weight is 574 g/mol. The molecule has 2 saturated heterocycles. The van der Waals surface area contributed by atoms with Crippen LogP contribution < -0.4 is 15.4 Å². The molecule has 2 aliphatic heterocycles. The summed E-state index contributed by atoms with van der Waals surface area (Å²) in [6.45, 7) is 6.14. The van der Waals surface area contributed by atoms with E-state index < -0.39 is 10.0 Å². The van der Waals surface area contributed by atoms with Crippen LogP contribution in [0.15, 0.2) is 4.99 Å². The van der Waals surface area contributed by atoms with E-state index >= 15 is 0 Å². The molecule has 2 aliphatic rings. The van der Waals surface area contributed by atoms with Crippen molar-refractivity contribution in [1.29, 1.82) is 0 Å². The third-order valence-electron chi connectivity index (χ3n) is 5.34. The Morgan fingerprint density at radius 3 is 2.77 bits per heavy atom. The molecule has 1 unspecified atom stereocenters. The van der Waals surface area contributed by atoms with Gasteiger partial charge in [0.2, 0.25) is 15.9 Å². The van der Waals surface area contributed by atoms with Crippen molar-refractivity contribution < 1.29 is 17.9 Å². The molecular formula is C20H40IN5O4S. The summed E-state index contributed by atoms with van der Waals surface area (Å²) in [6.07, 6.45) is 7.67. The fourth-order valence-corrected chi connectivity index (χ4v) is 4.59. The second kappa shape index (κ2) is 16.0. The van der Waals surface area contributed by atoms with Crippen LogP contribution in [-0.4, -0.2) is 82.9 Å². The lowest BCUT2D eigenvalue weighted by Gasteiger charge is -2.22. The Bertz CT molecular complexity index is 641. The first-order chi connectivity index (χ1) is 14.5. The standard InChI is InChI=1S/C20H39N5O4S.HI/c1-2-21-20(22-11-8-14-25-13-6-3-4-10-19(25)26)23-12-16-30(27,28)24-17-18-9-5-7-15-29-18;/h18,24H,2-17H2,1H3,(H2,21,22,23);1H. The summed E-state index contributed by atoms with van der Waals surface area (Å²) in [5.41, 5.74) is 0. The molecule has 0 aromatic rings. The Morgan fingerprint density at radius 1 is 1.19 bits per heavy atom. The van der Waals surface area contributed by atoms with E-state index in [0.29, 0.717) is 38.6 Å². The number of hydrogen-bond donors (Lipinski definition) is 3. The van der Waals surface area contributed by atoms with E-state index in [1.807, 2.05) is 11.8 Å². The van der Waals surface area contributed by atoms with Crippen LogP contribution >= 0.6 is 24.0 Å². The minimum atomic E-state index is -3.36. The molecule has 2 fully saturated rings. The smallest absolute Gasteiger partial charge is 0.222 e. The Kier molecular flexibility index (Phi) is 14.7. The van der Waals surface area contributed by atoms with Gasteiger partial charge in [-0.2, -0.15) is 0 Å². The molecule has 0 aromatic carbocycles. The molecule has 31 heavy (non-hydrogen) atoms. The maximum atomic E-state index is 12.2. The Morgan fingerprint density at radius 2 is 2.03 bits per heavy atom. The summed E-state index contributed by atoms with van der Waals surface area (Å²) in [4.78, 5) is 18.5. The molecule has 2 heterocycles. The van der Waals surface area contributed by atoms with Crippen molar-refractivity contribution in [1.82, 2.24) is 20.3 Å². The van der Waals surface area contributed by atoms with Gasteiger partial charge in [0.1, 0.15) is 0 Å². The fraction of sp³-hybridized carbons (Fsp3) is 0.900. The second-order valence-corrected chi connectivity index (χ2v) is 9.81. The summed E-state index contributed by atoms with van der Waals surface area (Å²) in [5, 5.41) is 6.21. The Labute approximate surface area is 204 Å². The van der Waals surface area contributed by atoms with Gasteiger partial charge >= 0.3 is 0 Å². The van der Waals surface area contributed by atoms with Gasteiger partial charge in [-0.25, -0.2) is 13.1 Å². The molecule has 2 rings (SSSR count). The van der Waals surface area contributed by atoms with Crippen molar-refractivity contribution in [2.45, 2.75) is 64.4 Å². The van der Waals surface area contributed by atoms with E-state index in [9.17, 15) is 13.2 Å². The molecule has 0 saturated carbocycles. The number of nitrogens with zero attached hydrogens (tertiary/aromatic N) is 2. The zero-order valence-electron chi connectivity index (χ0n) is 18.7. The van der Waals surface area contributed by atoms with Gasteiger partial charge in [0, 0.05) is 52.3 Å². The van der Waals surface area contributed by atoms with Crippen LogP contribution in [0.1, 0.15) is 58.3 Å². The predicted molar refractivity (Wildman–Crippen MR) is 134 cm³/mol. The highest BCUT2D eigenvalue weighted by Gasteiger charge is 2.18. The first kappa shape index (κ1) is 28.4. The van der Waals surface area contributed by atoms with Gasteiger partial charge in [0.15, 0.2) is 5.96 Å². The van der Waals surface area contributed by atoms with Crippen LogP contribution in [0, 0.1) is 0 Å². The van der Waals surface area contributed by atoms with Gasteiger partial charge in [-0.05, 0) is 45.4 Å². The van der Waals surface area contributed by atoms with Gasteiger partial charge in [0.25, 0.3) is 0 Å². The van der Waals surface area contributed by atoms with Crippen molar-refractivity contribution in [2.75, 3.05) is 51.6 Å². The molecule has 0 radical (unpaired) electrons. The largest absolute Gasteiger partial charge is 0.377 e. The number of likely N-dealkylation sites (tertiary alicyclic amines) is 1. The van der Waals surface area contributed by atoms with E-state index in [0.717, 1.165) is 58.0 Å². The van der Waals surface area contributed by atoms with E-state index in [1.54, 1.807) is 0 Å². The van der Waals surface area contributed by atoms with Crippen molar-refractivity contribution >= 4 is 45.9 Å². The highest BCUT2D eigenvalue weighted by molar-refractivity contribution is 14.0. The SMILES string of the molecule is CCNC(=NCCCN1CCCCCC1=O)NCCS(=O)(=O)NCC1CCCCO1.I. The first-order valence-electron chi connectivity index (χ1n) is 11.4. The molecule has 0 aliphatic carbocycles. The van der Waals surface area contributed by atoms with E-state index in [2.05, 4.69) is 20.3 Å². The lowest BCUT2D eigenvalue weighted by Crippen LogP contribution is -2.42. The maximum Gasteiger partial charge on any atom is 0.222 e. The number of amides is 1. The van der Waals surface area contributed by atoms with Crippen molar-refractivity contribution in [3.63, 3.8) is 0 Å². The van der Waals surface area contributed by atoms with Gasteiger partial charge in [-0.15, -0.1) is 24.0 Å². The number of carbonyl (C=O) groups is 1. The molecule has 0 aromatic heterocycles. The number of hydrogen-bond acceptors (Lipinski definition) is 5. The minimum Gasteiger partial charge on any atom is -0.377 e. The third-order valence-corrected chi connectivity index (χ3v) is 6.69. The molecule has 0 spiro atoms. The predicted octanol–water partition coefficient (Wildman–Crippen LogP) is 1.44. The van der Waals surface area contributed by atoms with Crippen LogP contribution in [0.2, 0.25) is 0 Å². The maximum absolute atomic E-state index is 12.2. The van der Waals surface area contributed by atoms with E-state index in [-0.39, 0.29) is 48.3 Å². The quantitative estimate of drug-likeness (QED) is 0.149. The van der Waals surface area contributed by atoms with Crippen molar-refractivity contribution in [2.24, 2.45) is 4.99 Å². The van der Waals surface area contributed by atoms with Crippen molar-refractivity contribution in [3.05, 3.63) is 0 Å². The van der Waals surface area contributed by atoms with Crippen molar-refractivity contribution in [3.8, 4) is 0 Å². The lowest BCUT2D eigenvalue weighted by molar-refractivity contribution is -0.130. The zero-order chi connectivity index (χ0) is 21.7. The first-order valence-corrected chi connectivity index (χ1v) is 13.0. The number of carbonyl (C=O) groups excluding carboxylic acids is 1. The Hall–Kier alpha value is -0.660. The van der Waals surface area contributed by atoms with Crippen LogP contribution in [0.25, 0.3) is 0 Å².